The van der Waals surface area contributed by atoms with Crippen LogP contribution in [0.4, 0.5) is 5.69 Å². The molecule has 2 atom stereocenters. The number of anilines is 1. The van der Waals surface area contributed by atoms with Crippen LogP contribution in [0.3, 0.4) is 0 Å². The van der Waals surface area contributed by atoms with Crippen LogP contribution >= 0.6 is 0 Å². The molecule has 7 heteroatoms. The summed E-state index contributed by atoms with van der Waals surface area (Å²) in [7, 11) is 3.39. The summed E-state index contributed by atoms with van der Waals surface area (Å²) >= 11 is 0. The summed E-state index contributed by atoms with van der Waals surface area (Å²) in [5.74, 6) is 1.12. The Morgan fingerprint density at radius 2 is 1.76 bits per heavy atom. The second-order valence-electron chi connectivity index (χ2n) is 7.06. The van der Waals surface area contributed by atoms with Gasteiger partial charge in [-0.3, -0.25) is 9.59 Å². The molecular formula is C22H26N3O4+. The van der Waals surface area contributed by atoms with Crippen molar-refractivity contribution in [2.75, 3.05) is 32.6 Å². The standard InChI is InChI=1S/C22H25N3O4/c1-15(20-12-16-6-4-5-7-19(16)29-20)23-21(26)13-25(2)14-22(27)24-17-8-10-18(28-3)11-9-17/h4-12,15H,13-14H2,1-3H3,(H,23,26)(H,24,27)/p+1/t15-/m1/s1. The smallest absolute Gasteiger partial charge is 0.279 e. The molecule has 0 aliphatic heterocycles. The number of hydrogen-bond donors (Lipinski definition) is 3. The van der Waals surface area contributed by atoms with E-state index in [0.29, 0.717) is 11.4 Å². The van der Waals surface area contributed by atoms with Crippen molar-refractivity contribution in [1.82, 2.24) is 5.32 Å². The molecular weight excluding hydrogens is 370 g/mol. The monoisotopic (exact) mass is 396 g/mol. The minimum absolute atomic E-state index is 0.146. The molecule has 3 aromatic rings. The molecule has 0 radical (unpaired) electrons. The second-order valence-corrected chi connectivity index (χ2v) is 7.06. The molecule has 0 spiro atoms. The van der Waals surface area contributed by atoms with Gasteiger partial charge in [-0.25, -0.2) is 0 Å². The normalized spacial score (nSPS) is 12.9. The highest BCUT2D eigenvalue weighted by atomic mass is 16.5. The van der Waals surface area contributed by atoms with Gasteiger partial charge in [0.15, 0.2) is 13.1 Å². The molecule has 2 amide bonds. The molecule has 1 unspecified atom stereocenters. The maximum Gasteiger partial charge on any atom is 0.279 e. The van der Waals surface area contributed by atoms with E-state index in [4.69, 9.17) is 9.15 Å². The number of carbonyl (C=O) groups excluding carboxylic acids is 2. The fourth-order valence-electron chi connectivity index (χ4n) is 3.07. The average molecular weight is 396 g/mol. The number of ether oxygens (including phenoxy) is 1. The maximum absolute atomic E-state index is 12.3. The van der Waals surface area contributed by atoms with Gasteiger partial charge in [-0.2, -0.15) is 0 Å². The van der Waals surface area contributed by atoms with E-state index in [0.717, 1.165) is 21.6 Å². The maximum atomic E-state index is 12.3. The van der Waals surface area contributed by atoms with E-state index in [9.17, 15) is 9.59 Å². The molecule has 0 saturated heterocycles. The molecule has 152 valence electrons. The third-order valence-electron chi connectivity index (χ3n) is 4.55. The lowest BCUT2D eigenvalue weighted by Crippen LogP contribution is -3.11. The minimum atomic E-state index is -0.254. The second kappa shape index (κ2) is 9.25. The Hall–Kier alpha value is -3.32. The molecule has 0 bridgehead atoms. The largest absolute Gasteiger partial charge is 0.497 e. The van der Waals surface area contributed by atoms with Crippen molar-refractivity contribution < 1.29 is 23.6 Å². The van der Waals surface area contributed by atoms with Crippen molar-refractivity contribution in [1.29, 1.82) is 0 Å². The lowest BCUT2D eigenvalue weighted by Gasteiger charge is -2.16. The molecule has 1 aromatic heterocycles. The van der Waals surface area contributed by atoms with Crippen LogP contribution in [0.2, 0.25) is 0 Å². The first-order valence-corrected chi connectivity index (χ1v) is 9.47. The molecule has 3 N–H and O–H groups in total. The zero-order valence-corrected chi connectivity index (χ0v) is 16.8. The number of methoxy groups -OCH3 is 1. The molecule has 7 nitrogen and oxygen atoms in total. The predicted molar refractivity (Wildman–Crippen MR) is 111 cm³/mol. The minimum Gasteiger partial charge on any atom is -0.497 e. The highest BCUT2D eigenvalue weighted by Gasteiger charge is 2.18. The fourth-order valence-corrected chi connectivity index (χ4v) is 3.07. The van der Waals surface area contributed by atoms with Crippen LogP contribution in [0, 0.1) is 0 Å². The number of quaternary nitrogens is 1. The SMILES string of the molecule is COc1ccc(NC(=O)C[NH+](C)CC(=O)N[C@H](C)c2cc3ccccc3o2)cc1. The number of nitrogens with one attached hydrogen (secondary N) is 3. The van der Waals surface area contributed by atoms with Gasteiger partial charge in [0, 0.05) is 11.1 Å². The van der Waals surface area contributed by atoms with Crippen molar-refractivity contribution >= 4 is 28.5 Å². The molecule has 0 aliphatic rings. The van der Waals surface area contributed by atoms with Crippen molar-refractivity contribution in [2.24, 2.45) is 0 Å². The third-order valence-corrected chi connectivity index (χ3v) is 4.55. The van der Waals surface area contributed by atoms with Crippen molar-refractivity contribution in [3.05, 3.63) is 60.4 Å². The summed E-state index contributed by atoms with van der Waals surface area (Å²) in [4.78, 5) is 25.3. The van der Waals surface area contributed by atoms with Crippen LogP contribution in [0.1, 0.15) is 18.7 Å². The Bertz CT molecular complexity index is 948. The Morgan fingerprint density at radius 3 is 2.45 bits per heavy atom. The van der Waals surface area contributed by atoms with E-state index in [1.165, 1.54) is 0 Å². The first kappa shape index (κ1) is 20.4. The molecule has 0 saturated carbocycles. The zero-order valence-electron chi connectivity index (χ0n) is 16.8. The van der Waals surface area contributed by atoms with E-state index in [-0.39, 0.29) is 30.9 Å². The van der Waals surface area contributed by atoms with Gasteiger partial charge in [0.1, 0.15) is 17.1 Å². The van der Waals surface area contributed by atoms with E-state index < -0.39 is 0 Å². The first-order valence-electron chi connectivity index (χ1n) is 9.47. The number of likely N-dealkylation sites (N-methyl/N-ethyl adjacent to an activating group) is 1. The summed E-state index contributed by atoms with van der Waals surface area (Å²) < 4.78 is 10.9. The highest BCUT2D eigenvalue weighted by Crippen LogP contribution is 2.23. The Morgan fingerprint density at radius 1 is 1.07 bits per heavy atom. The Balaban J connectivity index is 1.47. The van der Waals surface area contributed by atoms with Crippen molar-refractivity contribution in [3.8, 4) is 5.75 Å². The zero-order chi connectivity index (χ0) is 20.8. The van der Waals surface area contributed by atoms with Gasteiger partial charge in [-0.15, -0.1) is 0 Å². The number of rotatable bonds is 8. The van der Waals surface area contributed by atoms with Crippen LogP contribution in [0.5, 0.6) is 5.75 Å². The summed E-state index contributed by atoms with van der Waals surface area (Å²) in [6.45, 7) is 2.24. The summed E-state index contributed by atoms with van der Waals surface area (Å²) in [6, 6.07) is 16.5. The Kier molecular flexibility index (Phi) is 6.51. The van der Waals surface area contributed by atoms with Crippen LogP contribution < -0.4 is 20.3 Å². The van der Waals surface area contributed by atoms with E-state index in [1.54, 1.807) is 38.4 Å². The number of hydrogen-bond acceptors (Lipinski definition) is 4. The topological polar surface area (TPSA) is 85.0 Å². The van der Waals surface area contributed by atoms with Crippen LogP contribution in [0.15, 0.2) is 59.0 Å². The van der Waals surface area contributed by atoms with Crippen molar-refractivity contribution in [2.45, 2.75) is 13.0 Å². The number of furan rings is 1. The highest BCUT2D eigenvalue weighted by molar-refractivity contribution is 5.91. The lowest BCUT2D eigenvalue weighted by atomic mass is 10.2. The predicted octanol–water partition coefficient (Wildman–Crippen LogP) is 1.77. The van der Waals surface area contributed by atoms with Gasteiger partial charge in [0.2, 0.25) is 0 Å². The third kappa shape index (κ3) is 5.58. The van der Waals surface area contributed by atoms with Gasteiger partial charge >= 0.3 is 0 Å². The molecule has 0 fully saturated rings. The lowest BCUT2D eigenvalue weighted by molar-refractivity contribution is -0.862. The van der Waals surface area contributed by atoms with Gasteiger partial charge < -0.3 is 24.7 Å². The van der Waals surface area contributed by atoms with Crippen LogP contribution in [0.25, 0.3) is 11.0 Å². The van der Waals surface area contributed by atoms with Crippen LogP contribution in [-0.2, 0) is 9.59 Å². The number of carbonyl (C=O) groups is 2. The summed E-state index contributed by atoms with van der Waals surface area (Å²) in [6.07, 6.45) is 0. The first-order chi connectivity index (χ1) is 13.9. The van der Waals surface area contributed by atoms with E-state index >= 15 is 0 Å². The van der Waals surface area contributed by atoms with Gasteiger partial charge in [0.25, 0.3) is 11.8 Å². The Labute approximate surface area is 169 Å². The number of benzene rings is 2. The number of para-hydroxylation sites is 1. The van der Waals surface area contributed by atoms with Gasteiger partial charge in [0.05, 0.1) is 20.2 Å². The van der Waals surface area contributed by atoms with Crippen molar-refractivity contribution in [3.63, 3.8) is 0 Å². The average Bonchev–Trinajstić information content (AvgIpc) is 3.12. The van der Waals surface area contributed by atoms with E-state index in [2.05, 4.69) is 10.6 Å². The fraction of sp³-hybridized carbons (Fsp3) is 0.273. The summed E-state index contributed by atoms with van der Waals surface area (Å²) in [5.41, 5.74) is 1.48. The number of fused-ring (bicyclic) bond motifs is 1. The van der Waals surface area contributed by atoms with Crippen LogP contribution in [-0.4, -0.2) is 39.1 Å². The van der Waals surface area contributed by atoms with Gasteiger partial charge in [-0.05, 0) is 43.3 Å². The summed E-state index contributed by atoms with van der Waals surface area (Å²) in [5, 5.41) is 6.74. The number of amides is 2. The molecule has 1 heterocycles. The quantitative estimate of drug-likeness (QED) is 0.542. The van der Waals surface area contributed by atoms with E-state index in [1.807, 2.05) is 37.3 Å². The molecule has 29 heavy (non-hydrogen) atoms. The van der Waals surface area contributed by atoms with Gasteiger partial charge in [-0.1, -0.05) is 18.2 Å². The molecule has 2 aromatic carbocycles. The molecule has 0 aliphatic carbocycles. The molecule has 3 rings (SSSR count).